The first-order chi connectivity index (χ1) is 11.1. The Morgan fingerprint density at radius 2 is 1.65 bits per heavy atom. The van der Waals surface area contributed by atoms with E-state index < -0.39 is 22.5 Å². The molecule has 0 saturated heterocycles. The molecule has 120 valence electrons. The van der Waals surface area contributed by atoms with Crippen LogP contribution < -0.4 is 10.2 Å². The van der Waals surface area contributed by atoms with Gasteiger partial charge in [0.25, 0.3) is 5.91 Å². The number of carbonyl (C=O) groups excluding carboxylic acids is 1. The summed E-state index contributed by atoms with van der Waals surface area (Å²) in [5.41, 5.74) is 3.05. The summed E-state index contributed by atoms with van der Waals surface area (Å²) >= 11 is 0. The van der Waals surface area contributed by atoms with Crippen molar-refractivity contribution in [2.45, 2.75) is 18.9 Å². The highest BCUT2D eigenvalue weighted by Gasteiger charge is 2.20. The summed E-state index contributed by atoms with van der Waals surface area (Å²) in [4.78, 5) is 12.1. The number of ether oxygens (including phenoxy) is 1. The van der Waals surface area contributed by atoms with Crippen LogP contribution in [0.25, 0.3) is 0 Å². The molecular weight excluding hydrogens is 316 g/mol. The Hall–Kier alpha value is -2.67. The van der Waals surface area contributed by atoms with E-state index in [4.69, 9.17) is 4.74 Å². The van der Waals surface area contributed by atoms with Crippen molar-refractivity contribution in [1.29, 1.82) is 0 Å². The molecule has 0 aliphatic rings. The number of nitrogens with zero attached hydrogens (tertiary/aromatic N) is 1. The highest BCUT2D eigenvalue weighted by Crippen LogP contribution is 2.14. The van der Waals surface area contributed by atoms with Crippen LogP contribution in [-0.4, -0.2) is 20.4 Å². The number of amides is 1. The third-order valence-corrected chi connectivity index (χ3v) is 3.32. The molecule has 0 aromatic heterocycles. The van der Waals surface area contributed by atoms with E-state index in [0.717, 1.165) is 5.56 Å². The van der Waals surface area contributed by atoms with Gasteiger partial charge in [-0.05, 0) is 30.5 Å². The molecule has 0 aliphatic carbocycles. The molecule has 1 atom stereocenters. The fourth-order valence-corrected chi connectivity index (χ4v) is 2.17. The number of benzene rings is 2. The van der Waals surface area contributed by atoms with Gasteiger partial charge in [-0.3, -0.25) is 4.79 Å². The first-order valence-electron chi connectivity index (χ1n) is 7.01. The van der Waals surface area contributed by atoms with Crippen LogP contribution in [0.2, 0.25) is 0 Å². The second-order valence-corrected chi connectivity index (χ2v) is 5.35. The molecule has 0 radical (unpaired) electrons. The topological polar surface area (TPSA) is 84.8 Å². The number of hydrogen-bond acceptors (Lipinski definition) is 5. The zero-order valence-electron chi connectivity index (χ0n) is 12.3. The minimum atomic E-state index is -2.70. The number of hydrogen-bond donors (Lipinski definition) is 1. The van der Waals surface area contributed by atoms with Crippen LogP contribution in [0.1, 0.15) is 12.0 Å². The number of para-hydroxylation sites is 1. The monoisotopic (exact) mass is 332 g/mol. The largest absolute Gasteiger partial charge is 0.481 e. The maximum absolute atomic E-state index is 12.1. The third-order valence-electron chi connectivity index (χ3n) is 3.08. The van der Waals surface area contributed by atoms with E-state index in [9.17, 15) is 13.2 Å². The Bertz CT molecular complexity index is 753. The van der Waals surface area contributed by atoms with Crippen molar-refractivity contribution in [1.82, 2.24) is 5.43 Å². The molecule has 23 heavy (non-hydrogen) atoms. The molecule has 2 aromatic rings. The van der Waals surface area contributed by atoms with Gasteiger partial charge < -0.3 is 4.74 Å². The Kier molecular flexibility index (Phi) is 6.31. The summed E-state index contributed by atoms with van der Waals surface area (Å²) in [6.07, 6.45) is 0.169. The Labute approximate surface area is 135 Å². The van der Waals surface area contributed by atoms with Gasteiger partial charge in [-0.2, -0.15) is 8.42 Å². The minimum absolute atomic E-state index is 0.395. The smallest absolute Gasteiger partial charge is 0.332 e. The zero-order chi connectivity index (χ0) is 16.5. The third kappa shape index (κ3) is 5.91. The van der Waals surface area contributed by atoms with Crippen molar-refractivity contribution in [3.8, 4) is 5.75 Å². The molecular formula is C16H16N2O4S. The maximum atomic E-state index is 12.1. The molecule has 2 aromatic carbocycles. The summed E-state index contributed by atoms with van der Waals surface area (Å²) in [7, 11) is -2.70. The second-order valence-electron chi connectivity index (χ2n) is 4.73. The Balaban J connectivity index is 2.06. The first kappa shape index (κ1) is 16.7. The molecule has 0 spiro atoms. The van der Waals surface area contributed by atoms with E-state index in [2.05, 4.69) is 4.47 Å². The normalized spacial score (nSPS) is 11.3. The van der Waals surface area contributed by atoms with Crippen LogP contribution in [0.5, 0.6) is 5.75 Å². The predicted octanol–water partition coefficient (Wildman–Crippen LogP) is 2.16. The van der Waals surface area contributed by atoms with Crippen molar-refractivity contribution in [3.05, 3.63) is 66.2 Å². The lowest BCUT2D eigenvalue weighted by Crippen LogP contribution is -2.36. The summed E-state index contributed by atoms with van der Waals surface area (Å²) in [6, 6.07) is 18.5. The van der Waals surface area contributed by atoms with Gasteiger partial charge in [0.15, 0.2) is 6.10 Å². The maximum Gasteiger partial charge on any atom is 0.332 e. The highest BCUT2D eigenvalue weighted by atomic mass is 32.2. The number of rotatable bonds is 7. The first-order valence-corrected chi connectivity index (χ1v) is 8.04. The minimum Gasteiger partial charge on any atom is -0.481 e. The molecule has 0 heterocycles. The van der Waals surface area contributed by atoms with Gasteiger partial charge in [0.05, 0.1) is 0 Å². The highest BCUT2D eigenvalue weighted by molar-refractivity contribution is 7.61. The van der Waals surface area contributed by atoms with Crippen LogP contribution in [-0.2, 0) is 21.7 Å². The average Bonchev–Trinajstić information content (AvgIpc) is 2.58. The second kappa shape index (κ2) is 8.70. The van der Waals surface area contributed by atoms with E-state index in [1.807, 2.05) is 41.8 Å². The van der Waals surface area contributed by atoms with E-state index in [0.29, 0.717) is 18.6 Å². The van der Waals surface area contributed by atoms with Crippen molar-refractivity contribution >= 4 is 16.4 Å². The lowest BCUT2D eigenvalue weighted by Gasteiger charge is -2.17. The number of carbonyl (C=O) groups is 1. The van der Waals surface area contributed by atoms with Crippen LogP contribution >= 0.6 is 0 Å². The molecule has 1 N–H and O–H groups in total. The van der Waals surface area contributed by atoms with Crippen LogP contribution in [0.4, 0.5) is 0 Å². The van der Waals surface area contributed by atoms with Gasteiger partial charge in [0, 0.05) is 0 Å². The fraction of sp³-hybridized carbons (Fsp3) is 0.188. The average molecular weight is 332 g/mol. The molecule has 1 unspecified atom stereocenters. The van der Waals surface area contributed by atoms with Crippen LogP contribution in [0, 0.1) is 0 Å². The molecule has 7 heteroatoms. The van der Waals surface area contributed by atoms with Gasteiger partial charge in [-0.15, -0.1) is 0 Å². The Morgan fingerprint density at radius 3 is 2.26 bits per heavy atom. The molecule has 6 nitrogen and oxygen atoms in total. The van der Waals surface area contributed by atoms with Gasteiger partial charge in [0.2, 0.25) is 0 Å². The summed E-state index contributed by atoms with van der Waals surface area (Å²) in [5.74, 6) is -0.0714. The molecule has 0 bridgehead atoms. The number of aryl methyl sites for hydroxylation is 1. The Morgan fingerprint density at radius 1 is 1.04 bits per heavy atom. The lowest BCUT2D eigenvalue weighted by atomic mass is 10.1. The SMILES string of the molecule is O=C(NN=S(=O)=O)C(CCc1ccccc1)Oc1ccccc1. The number of nitrogens with one attached hydrogen (secondary N) is 1. The summed E-state index contributed by atoms with van der Waals surface area (Å²) in [6.45, 7) is 0. The van der Waals surface area contributed by atoms with E-state index >= 15 is 0 Å². The van der Waals surface area contributed by atoms with Crippen LogP contribution in [0.15, 0.2) is 65.1 Å². The molecule has 0 aliphatic heterocycles. The summed E-state index contributed by atoms with van der Waals surface area (Å²) < 4.78 is 29.5. The van der Waals surface area contributed by atoms with Crippen LogP contribution in [0.3, 0.4) is 0 Å². The van der Waals surface area contributed by atoms with Gasteiger partial charge in [-0.25, -0.2) is 5.43 Å². The van der Waals surface area contributed by atoms with Crippen molar-refractivity contribution in [3.63, 3.8) is 0 Å². The van der Waals surface area contributed by atoms with E-state index in [1.165, 1.54) is 0 Å². The molecule has 1 amide bonds. The van der Waals surface area contributed by atoms with Gasteiger partial charge >= 0.3 is 10.5 Å². The van der Waals surface area contributed by atoms with E-state index in [-0.39, 0.29) is 0 Å². The van der Waals surface area contributed by atoms with Gasteiger partial charge in [0.1, 0.15) is 5.75 Å². The molecule has 0 saturated carbocycles. The predicted molar refractivity (Wildman–Crippen MR) is 85.1 cm³/mol. The van der Waals surface area contributed by atoms with Crippen molar-refractivity contribution in [2.24, 2.45) is 4.47 Å². The van der Waals surface area contributed by atoms with Crippen molar-refractivity contribution < 1.29 is 17.9 Å². The fourth-order valence-electron chi connectivity index (χ4n) is 2.00. The standard InChI is InChI=1S/C16H16N2O4S/c19-16(17-18-23(20)21)15(22-14-9-5-2-6-10-14)12-11-13-7-3-1-4-8-13/h1-10,15H,11-12H2,(H,17,19). The van der Waals surface area contributed by atoms with Gasteiger partial charge in [-0.1, -0.05) is 53.0 Å². The molecule has 2 rings (SSSR count). The van der Waals surface area contributed by atoms with E-state index in [1.54, 1.807) is 24.3 Å². The van der Waals surface area contributed by atoms with Crippen molar-refractivity contribution in [2.75, 3.05) is 0 Å². The molecule has 0 fully saturated rings. The lowest BCUT2D eigenvalue weighted by molar-refractivity contribution is -0.128. The quantitative estimate of drug-likeness (QED) is 0.787. The zero-order valence-corrected chi connectivity index (χ0v) is 13.1. The summed E-state index contributed by atoms with van der Waals surface area (Å²) in [5, 5.41) is 0.